The van der Waals surface area contributed by atoms with Crippen molar-refractivity contribution in [3.05, 3.63) is 22.2 Å². The topological polar surface area (TPSA) is 135 Å². The highest BCUT2D eigenvalue weighted by Gasteiger charge is 2.60. The zero-order chi connectivity index (χ0) is 18.4. The minimum atomic E-state index is -4.26. The van der Waals surface area contributed by atoms with Gasteiger partial charge in [-0.15, -0.1) is 0 Å². The van der Waals surface area contributed by atoms with Crippen LogP contribution in [-0.4, -0.2) is 46.0 Å². The largest absolute Gasteiger partial charge is 0.472 e. The van der Waals surface area contributed by atoms with Crippen LogP contribution in [0.15, 0.2) is 11.0 Å². The van der Waals surface area contributed by atoms with E-state index in [1.54, 1.807) is 6.92 Å². The minimum absolute atomic E-state index is 0.139. The van der Waals surface area contributed by atoms with Crippen molar-refractivity contribution in [3.63, 3.8) is 0 Å². The van der Waals surface area contributed by atoms with Gasteiger partial charge in [0.25, 0.3) is 0 Å². The van der Waals surface area contributed by atoms with E-state index in [1.165, 1.54) is 10.8 Å². The first-order valence-electron chi connectivity index (χ1n) is 7.94. The number of aromatic nitrogens is 2. The molecule has 0 spiro atoms. The van der Waals surface area contributed by atoms with Crippen LogP contribution in [0.25, 0.3) is 0 Å². The molecule has 0 amide bonds. The number of phosphoric acid groups is 1. The molecule has 11 heteroatoms. The molecule has 2 bridgehead atoms. The Morgan fingerprint density at radius 3 is 2.96 bits per heavy atom. The third-order valence-electron chi connectivity index (χ3n) is 4.81. The third kappa shape index (κ3) is 3.14. The van der Waals surface area contributed by atoms with Gasteiger partial charge in [-0.1, -0.05) is 6.92 Å². The number of ether oxygens (including phenoxy) is 2. The van der Waals surface area contributed by atoms with Gasteiger partial charge in [0, 0.05) is 25.3 Å². The Morgan fingerprint density at radius 2 is 2.32 bits per heavy atom. The van der Waals surface area contributed by atoms with Gasteiger partial charge in [0.15, 0.2) is 6.23 Å². The van der Waals surface area contributed by atoms with Crippen LogP contribution < -0.4 is 11.4 Å². The quantitative estimate of drug-likeness (QED) is 0.714. The lowest BCUT2D eigenvalue weighted by molar-refractivity contribution is -0.120. The first kappa shape index (κ1) is 18.5. The molecule has 2 fully saturated rings. The predicted octanol–water partition coefficient (Wildman–Crippen LogP) is 0.732. The van der Waals surface area contributed by atoms with Gasteiger partial charge in [0.1, 0.15) is 23.6 Å². The summed E-state index contributed by atoms with van der Waals surface area (Å²) in [4.78, 5) is 25.8. The Kier molecular flexibility index (Phi) is 4.78. The molecule has 1 aromatic rings. The van der Waals surface area contributed by atoms with Crippen LogP contribution in [0.3, 0.4) is 0 Å². The normalized spacial score (nSPS) is 34.0. The van der Waals surface area contributed by atoms with Crippen molar-refractivity contribution in [3.8, 4) is 0 Å². The molecule has 3 N–H and O–H groups in total. The van der Waals surface area contributed by atoms with Crippen molar-refractivity contribution in [2.45, 2.75) is 50.7 Å². The summed E-state index contributed by atoms with van der Waals surface area (Å²) in [5.41, 5.74) is 4.83. The molecule has 140 valence electrons. The van der Waals surface area contributed by atoms with E-state index in [-0.39, 0.29) is 5.82 Å². The first-order chi connectivity index (χ1) is 11.7. The standard InChI is InChI=1S/C14H22N3O7P/c1-4-14-5-6-22-9(10(14)24-25(19,20)21-3)12(23-14)17-7-8(2)11(15)16-13(17)18/h7,9-10,12H,4-6H2,1-3H3,(H,19,20)(H2,15,16,18)/t9-,10?,12+,14+/m0/s1. The molecule has 3 heterocycles. The summed E-state index contributed by atoms with van der Waals surface area (Å²) < 4.78 is 35.0. The Balaban J connectivity index is 2.02. The van der Waals surface area contributed by atoms with Gasteiger partial charge in [-0.25, -0.2) is 9.36 Å². The Bertz CT molecular complexity index is 769. The number of aryl methyl sites for hydroxylation is 1. The monoisotopic (exact) mass is 375 g/mol. The van der Waals surface area contributed by atoms with E-state index in [2.05, 4.69) is 9.51 Å². The minimum Gasteiger partial charge on any atom is -0.383 e. The molecule has 1 aromatic heterocycles. The van der Waals surface area contributed by atoms with Crippen molar-refractivity contribution in [1.82, 2.24) is 9.55 Å². The van der Waals surface area contributed by atoms with E-state index in [4.69, 9.17) is 19.7 Å². The second-order valence-corrected chi connectivity index (χ2v) is 7.70. The molecule has 2 unspecified atom stereocenters. The van der Waals surface area contributed by atoms with Crippen LogP contribution in [-0.2, 0) is 23.1 Å². The summed E-state index contributed by atoms with van der Waals surface area (Å²) >= 11 is 0. The van der Waals surface area contributed by atoms with Crippen molar-refractivity contribution in [1.29, 1.82) is 0 Å². The average molecular weight is 375 g/mol. The molecule has 25 heavy (non-hydrogen) atoms. The van der Waals surface area contributed by atoms with E-state index >= 15 is 0 Å². The predicted molar refractivity (Wildman–Crippen MR) is 86.9 cm³/mol. The van der Waals surface area contributed by atoms with Crippen molar-refractivity contribution in [2.24, 2.45) is 0 Å². The van der Waals surface area contributed by atoms with Crippen LogP contribution in [0.4, 0.5) is 5.82 Å². The van der Waals surface area contributed by atoms with Crippen molar-refractivity contribution in [2.75, 3.05) is 19.5 Å². The maximum atomic E-state index is 12.3. The van der Waals surface area contributed by atoms with E-state index < -0.39 is 37.5 Å². The number of nitrogens with two attached hydrogens (primary N) is 1. The number of fused-ring (bicyclic) bond motifs is 2. The van der Waals surface area contributed by atoms with Crippen molar-refractivity contribution >= 4 is 13.6 Å². The molecule has 2 aliphatic heterocycles. The van der Waals surface area contributed by atoms with Gasteiger partial charge in [0.05, 0.1) is 6.61 Å². The highest BCUT2D eigenvalue weighted by atomic mass is 31.2. The summed E-state index contributed by atoms with van der Waals surface area (Å²) in [5, 5.41) is 0. The fourth-order valence-corrected chi connectivity index (χ4v) is 4.03. The maximum absolute atomic E-state index is 12.3. The molecule has 5 atom stereocenters. The van der Waals surface area contributed by atoms with E-state index in [0.717, 1.165) is 7.11 Å². The molecule has 10 nitrogen and oxygen atoms in total. The number of nitrogens with zero attached hydrogens (tertiary/aromatic N) is 2. The van der Waals surface area contributed by atoms with Crippen LogP contribution >= 0.6 is 7.82 Å². The number of hydrogen-bond donors (Lipinski definition) is 2. The average Bonchev–Trinajstić information content (AvgIpc) is 2.73. The Morgan fingerprint density at radius 1 is 1.60 bits per heavy atom. The molecular weight excluding hydrogens is 353 g/mol. The lowest BCUT2D eigenvalue weighted by Gasteiger charge is -2.37. The summed E-state index contributed by atoms with van der Waals surface area (Å²) in [6.45, 7) is 3.98. The number of hydrogen-bond acceptors (Lipinski definition) is 8. The lowest BCUT2D eigenvalue weighted by Crippen LogP contribution is -2.49. The fourth-order valence-electron chi connectivity index (χ4n) is 3.34. The molecule has 0 aliphatic carbocycles. The number of rotatable bonds is 5. The highest BCUT2D eigenvalue weighted by Crippen LogP contribution is 2.54. The second-order valence-electron chi connectivity index (χ2n) is 6.19. The fraction of sp³-hybridized carbons (Fsp3) is 0.714. The summed E-state index contributed by atoms with van der Waals surface area (Å²) in [7, 11) is -3.18. The Hall–Kier alpha value is -1.29. The maximum Gasteiger partial charge on any atom is 0.472 e. The van der Waals surface area contributed by atoms with E-state index in [1.807, 2.05) is 6.92 Å². The van der Waals surface area contributed by atoms with Crippen LogP contribution in [0.5, 0.6) is 0 Å². The summed E-state index contributed by atoms with van der Waals surface area (Å²) in [6, 6.07) is 0. The zero-order valence-electron chi connectivity index (χ0n) is 14.2. The molecule has 0 radical (unpaired) electrons. The molecule has 0 saturated carbocycles. The number of phosphoric ester groups is 1. The highest BCUT2D eigenvalue weighted by molar-refractivity contribution is 7.47. The number of anilines is 1. The number of nitrogen functional groups attached to an aromatic ring is 1. The Labute approximate surface area is 144 Å². The summed E-state index contributed by atoms with van der Waals surface area (Å²) in [6.07, 6.45) is 0.0380. The summed E-state index contributed by atoms with van der Waals surface area (Å²) in [5.74, 6) is 0.139. The van der Waals surface area contributed by atoms with Crippen LogP contribution in [0.2, 0.25) is 0 Å². The third-order valence-corrected chi connectivity index (χ3v) is 5.77. The SMILES string of the molecule is CC[C@@]12CCO[C@@H](C1OP(=O)(O)OC)[C@H](n1cc(C)c(N)nc1=O)O2. The molecule has 0 aromatic carbocycles. The van der Waals surface area contributed by atoms with Gasteiger partial charge in [-0.05, 0) is 13.3 Å². The van der Waals surface area contributed by atoms with Gasteiger partial charge in [-0.3, -0.25) is 13.6 Å². The lowest BCUT2D eigenvalue weighted by atomic mass is 9.87. The van der Waals surface area contributed by atoms with Crippen LogP contribution in [0.1, 0.15) is 31.6 Å². The second kappa shape index (κ2) is 6.46. The molecule has 2 saturated heterocycles. The molecular formula is C14H22N3O7P. The van der Waals surface area contributed by atoms with Gasteiger partial charge in [-0.2, -0.15) is 4.98 Å². The van der Waals surface area contributed by atoms with Gasteiger partial charge in [0.2, 0.25) is 0 Å². The van der Waals surface area contributed by atoms with E-state index in [0.29, 0.717) is 25.0 Å². The smallest absolute Gasteiger partial charge is 0.383 e. The zero-order valence-corrected chi connectivity index (χ0v) is 15.1. The first-order valence-corrected chi connectivity index (χ1v) is 9.44. The molecule has 2 aliphatic rings. The van der Waals surface area contributed by atoms with Gasteiger partial charge < -0.3 is 20.1 Å². The van der Waals surface area contributed by atoms with E-state index in [9.17, 15) is 14.3 Å². The van der Waals surface area contributed by atoms with Crippen molar-refractivity contribution < 1.29 is 28.0 Å². The van der Waals surface area contributed by atoms with Crippen LogP contribution in [0, 0.1) is 6.92 Å². The molecule has 3 rings (SSSR count). The van der Waals surface area contributed by atoms with Gasteiger partial charge >= 0.3 is 13.5 Å².